The summed E-state index contributed by atoms with van der Waals surface area (Å²) in [4.78, 5) is 0. The fraction of sp³-hybridized carbons (Fsp3) is 0.533. The second-order valence-electron chi connectivity index (χ2n) is 8.31. The van der Waals surface area contributed by atoms with E-state index in [0.29, 0.717) is 0 Å². The molecule has 0 aromatic carbocycles. The highest BCUT2D eigenvalue weighted by molar-refractivity contribution is 5.20. The number of hydrogen-bond acceptors (Lipinski definition) is 0. The van der Waals surface area contributed by atoms with Crippen molar-refractivity contribution < 1.29 is 0 Å². The van der Waals surface area contributed by atoms with Gasteiger partial charge in [-0.05, 0) is 25.7 Å². The fourth-order valence-electron chi connectivity index (χ4n) is 3.64. The van der Waals surface area contributed by atoms with Gasteiger partial charge in [0.1, 0.15) is 0 Å². The van der Waals surface area contributed by atoms with E-state index in [-0.39, 0.29) is 0 Å². The second-order valence-corrected chi connectivity index (χ2v) is 8.31. The highest BCUT2D eigenvalue weighted by atomic mass is 14.0. The summed E-state index contributed by atoms with van der Waals surface area (Å²) in [6.07, 6.45) is 52.0. The summed E-state index contributed by atoms with van der Waals surface area (Å²) in [6, 6.07) is 0. The topological polar surface area (TPSA) is 0 Å². The van der Waals surface area contributed by atoms with Gasteiger partial charge in [0.25, 0.3) is 0 Å². The Hall–Kier alpha value is -1.82. The molecule has 0 bridgehead atoms. The van der Waals surface area contributed by atoms with Crippen LogP contribution in [0.4, 0.5) is 0 Å². The van der Waals surface area contributed by atoms with Crippen molar-refractivity contribution in [1.29, 1.82) is 0 Å². The third kappa shape index (κ3) is 20.9. The Morgan fingerprint density at radius 3 is 0.667 bits per heavy atom. The van der Waals surface area contributed by atoms with Crippen LogP contribution < -0.4 is 0 Å². The molecule has 0 atom stereocenters. The van der Waals surface area contributed by atoms with E-state index in [1.54, 1.807) is 0 Å². The summed E-state index contributed by atoms with van der Waals surface area (Å²) in [5.74, 6) is 0. The summed E-state index contributed by atoms with van der Waals surface area (Å²) < 4.78 is 0. The van der Waals surface area contributed by atoms with Crippen molar-refractivity contribution in [2.75, 3.05) is 0 Å². The Labute approximate surface area is 187 Å². The normalized spacial score (nSPS) is 20.3. The lowest BCUT2D eigenvalue weighted by Gasteiger charge is -2.03. The molecule has 0 aromatic rings. The third-order valence-electron chi connectivity index (χ3n) is 5.49. The monoisotopic (exact) mass is 406 g/mol. The van der Waals surface area contributed by atoms with Crippen LogP contribution in [0.3, 0.4) is 0 Å². The van der Waals surface area contributed by atoms with Gasteiger partial charge in [0.05, 0.1) is 0 Å². The van der Waals surface area contributed by atoms with Crippen LogP contribution in [0.1, 0.15) is 103 Å². The maximum absolute atomic E-state index is 2.29. The molecule has 0 heteroatoms. The molecule has 0 fully saturated rings. The largest absolute Gasteiger partial charge is 0.0845 e. The lowest BCUT2D eigenvalue weighted by molar-refractivity contribution is 0.534. The van der Waals surface area contributed by atoms with Crippen LogP contribution in [-0.4, -0.2) is 0 Å². The molecule has 0 saturated carbocycles. The quantitative estimate of drug-likeness (QED) is 0.375. The van der Waals surface area contributed by atoms with Gasteiger partial charge in [-0.25, -0.2) is 0 Å². The maximum Gasteiger partial charge on any atom is -0.0348 e. The first-order valence-corrected chi connectivity index (χ1v) is 12.6. The molecule has 30 heavy (non-hydrogen) atoms. The van der Waals surface area contributed by atoms with E-state index in [1.165, 1.54) is 103 Å². The fourth-order valence-corrected chi connectivity index (χ4v) is 3.64. The molecule has 0 N–H and O–H groups in total. The van der Waals surface area contributed by atoms with Crippen molar-refractivity contribution in [3.63, 3.8) is 0 Å². The smallest absolute Gasteiger partial charge is 0.0348 e. The molecule has 0 nitrogen and oxygen atoms in total. The van der Waals surface area contributed by atoms with Crippen LogP contribution in [0.25, 0.3) is 0 Å². The minimum absolute atomic E-state index is 1.21. The summed E-state index contributed by atoms with van der Waals surface area (Å²) in [5.41, 5.74) is 0. The van der Waals surface area contributed by atoms with Gasteiger partial charge in [-0.15, -0.1) is 0 Å². The molecule has 0 unspecified atom stereocenters. The molecule has 0 saturated heterocycles. The molecule has 166 valence electrons. The Balaban J connectivity index is 2.29. The van der Waals surface area contributed by atoms with Gasteiger partial charge in [-0.2, -0.15) is 0 Å². The lowest BCUT2D eigenvalue weighted by Crippen LogP contribution is -1.83. The molecule has 1 aliphatic rings. The van der Waals surface area contributed by atoms with Crippen LogP contribution >= 0.6 is 0 Å². The van der Waals surface area contributed by atoms with E-state index >= 15 is 0 Å². The van der Waals surface area contributed by atoms with Crippen LogP contribution in [0.15, 0.2) is 85.1 Å². The van der Waals surface area contributed by atoms with Gasteiger partial charge >= 0.3 is 0 Å². The molecule has 0 aromatic heterocycles. The molecular weight excluding hydrogens is 360 g/mol. The first kappa shape index (κ1) is 26.2. The zero-order valence-electron chi connectivity index (χ0n) is 19.4. The van der Waals surface area contributed by atoms with Crippen molar-refractivity contribution in [1.82, 2.24) is 0 Å². The van der Waals surface area contributed by atoms with Crippen molar-refractivity contribution >= 4 is 0 Å². The van der Waals surface area contributed by atoms with Gasteiger partial charge in [0.15, 0.2) is 0 Å². The lowest BCUT2D eigenvalue weighted by atomic mass is 10.0. The zero-order chi connectivity index (χ0) is 21.2. The van der Waals surface area contributed by atoms with E-state index in [2.05, 4.69) is 85.1 Å². The summed E-state index contributed by atoms with van der Waals surface area (Å²) in [6.45, 7) is 0. The van der Waals surface area contributed by atoms with Crippen LogP contribution in [0.2, 0.25) is 0 Å². The summed E-state index contributed by atoms with van der Waals surface area (Å²) in [5, 5.41) is 0. The average molecular weight is 407 g/mol. The Kier molecular flexibility index (Phi) is 20.5. The molecule has 0 radical (unpaired) electrons. The predicted octanol–water partition coefficient (Wildman–Crippen LogP) is 10.1. The maximum atomic E-state index is 2.29. The standard InChI is InChI=1S/C30H46/c1-2-4-6-8-10-12-14-16-18-20-22-24-26-28-30-29-27-25-23-21-19-17-15-13-11-9-7-5-3-1/h1-14H,15-30H2. The van der Waals surface area contributed by atoms with Gasteiger partial charge in [-0.3, -0.25) is 0 Å². The van der Waals surface area contributed by atoms with Crippen molar-refractivity contribution in [3.05, 3.63) is 85.1 Å². The van der Waals surface area contributed by atoms with Crippen molar-refractivity contribution in [2.24, 2.45) is 0 Å². The van der Waals surface area contributed by atoms with E-state index in [1.807, 2.05) is 0 Å². The SMILES string of the molecule is C1=CC=CC=CC=CCCCCCCCCCCCCCCCCC=CC=CC=C1. The number of hydrogen-bond donors (Lipinski definition) is 0. The minimum Gasteiger partial charge on any atom is -0.0845 e. The number of rotatable bonds is 0. The molecule has 0 heterocycles. The van der Waals surface area contributed by atoms with E-state index in [0.717, 1.165) is 0 Å². The molecule has 0 spiro atoms. The minimum atomic E-state index is 1.21. The van der Waals surface area contributed by atoms with Crippen LogP contribution in [0.5, 0.6) is 0 Å². The molecule has 1 aliphatic carbocycles. The summed E-state index contributed by atoms with van der Waals surface area (Å²) in [7, 11) is 0. The Morgan fingerprint density at radius 1 is 0.200 bits per heavy atom. The first-order chi connectivity index (χ1) is 15.0. The average Bonchev–Trinajstić information content (AvgIpc) is 2.76. The molecule has 0 aliphatic heterocycles. The highest BCUT2D eigenvalue weighted by Gasteiger charge is 1.94. The van der Waals surface area contributed by atoms with Crippen molar-refractivity contribution in [3.8, 4) is 0 Å². The second kappa shape index (κ2) is 23.5. The number of allylic oxidation sites excluding steroid dienone is 14. The molecule has 0 amide bonds. The van der Waals surface area contributed by atoms with Crippen LogP contribution in [-0.2, 0) is 0 Å². The molecule has 1 rings (SSSR count). The zero-order valence-corrected chi connectivity index (χ0v) is 19.4. The predicted molar refractivity (Wildman–Crippen MR) is 138 cm³/mol. The van der Waals surface area contributed by atoms with Gasteiger partial charge in [-0.1, -0.05) is 162 Å². The highest BCUT2D eigenvalue weighted by Crippen LogP contribution is 2.14. The van der Waals surface area contributed by atoms with Gasteiger partial charge in [0.2, 0.25) is 0 Å². The van der Waals surface area contributed by atoms with E-state index < -0.39 is 0 Å². The molecular formula is C30H46. The Morgan fingerprint density at radius 2 is 0.400 bits per heavy atom. The third-order valence-corrected chi connectivity index (χ3v) is 5.49. The van der Waals surface area contributed by atoms with Gasteiger partial charge in [0, 0.05) is 0 Å². The Bertz CT molecular complexity index is 501. The summed E-state index contributed by atoms with van der Waals surface area (Å²) >= 11 is 0. The van der Waals surface area contributed by atoms with Gasteiger partial charge < -0.3 is 0 Å². The van der Waals surface area contributed by atoms with Crippen molar-refractivity contribution in [2.45, 2.75) is 103 Å². The van der Waals surface area contributed by atoms with E-state index in [4.69, 9.17) is 0 Å². The van der Waals surface area contributed by atoms with Crippen LogP contribution in [0, 0.1) is 0 Å². The van der Waals surface area contributed by atoms with E-state index in [9.17, 15) is 0 Å². The first-order valence-electron chi connectivity index (χ1n) is 12.6.